The van der Waals surface area contributed by atoms with Crippen molar-refractivity contribution in [2.45, 2.75) is 19.3 Å². The van der Waals surface area contributed by atoms with Crippen molar-refractivity contribution in [1.82, 2.24) is 9.36 Å². The van der Waals surface area contributed by atoms with Gasteiger partial charge in [-0.15, -0.1) is 0 Å². The Morgan fingerprint density at radius 2 is 1.41 bits per heavy atom. The number of rotatable bonds is 5. The van der Waals surface area contributed by atoms with Gasteiger partial charge in [-0.05, 0) is 11.1 Å². The van der Waals surface area contributed by atoms with Crippen molar-refractivity contribution in [2.75, 3.05) is 0 Å². The zero-order valence-electron chi connectivity index (χ0n) is 15.0. The van der Waals surface area contributed by atoms with Gasteiger partial charge >= 0.3 is 12.1 Å². The van der Waals surface area contributed by atoms with Gasteiger partial charge in [-0.3, -0.25) is 9.59 Å². The van der Waals surface area contributed by atoms with Crippen molar-refractivity contribution in [2.24, 2.45) is 4.99 Å². The highest BCUT2D eigenvalue weighted by atomic mass is 19.4. The highest BCUT2D eigenvalue weighted by Crippen LogP contribution is 2.19. The average molecular weight is 403 g/mol. The van der Waals surface area contributed by atoms with E-state index in [0.29, 0.717) is 6.21 Å². The van der Waals surface area contributed by atoms with Crippen molar-refractivity contribution >= 4 is 12.1 Å². The summed E-state index contributed by atoms with van der Waals surface area (Å²) in [5, 5.41) is 10.5. The Kier molecular flexibility index (Phi) is 5.67. The number of amides is 1. The average Bonchev–Trinajstić information content (AvgIpc) is 2.91. The molecule has 0 atom stereocenters. The van der Waals surface area contributed by atoms with Crippen molar-refractivity contribution in [3.63, 3.8) is 0 Å². The third kappa shape index (κ3) is 4.63. The predicted octanol–water partition coefficient (Wildman–Crippen LogP) is 2.96. The fourth-order valence-corrected chi connectivity index (χ4v) is 2.74. The van der Waals surface area contributed by atoms with Crippen LogP contribution in [0.25, 0.3) is 0 Å². The van der Waals surface area contributed by atoms with Crippen LogP contribution in [0.5, 0.6) is 5.88 Å². The van der Waals surface area contributed by atoms with Gasteiger partial charge in [0.15, 0.2) is 0 Å². The molecule has 0 aliphatic rings. The summed E-state index contributed by atoms with van der Waals surface area (Å²) in [6.45, 7) is 0.164. The maximum Gasteiger partial charge on any atom is 0.473 e. The van der Waals surface area contributed by atoms with Crippen molar-refractivity contribution < 1.29 is 23.1 Å². The molecule has 6 nitrogen and oxygen atoms in total. The topological polar surface area (TPSA) is 76.6 Å². The summed E-state index contributed by atoms with van der Waals surface area (Å²) in [5.74, 6) is -2.93. The summed E-state index contributed by atoms with van der Waals surface area (Å²) in [6, 6.07) is 17.8. The van der Waals surface area contributed by atoms with Gasteiger partial charge in [0.2, 0.25) is 5.88 Å². The molecule has 1 N–H and O–H groups in total. The van der Waals surface area contributed by atoms with E-state index in [4.69, 9.17) is 0 Å². The van der Waals surface area contributed by atoms with E-state index < -0.39 is 29.1 Å². The van der Waals surface area contributed by atoms with Crippen LogP contribution < -0.4 is 5.56 Å². The highest BCUT2D eigenvalue weighted by molar-refractivity contribution is 5.95. The molecule has 0 spiro atoms. The normalized spacial score (nSPS) is 11.8. The number of hydrogen-bond donors (Lipinski definition) is 1. The van der Waals surface area contributed by atoms with Crippen LogP contribution in [0.4, 0.5) is 13.2 Å². The molecule has 9 heteroatoms. The second-order valence-electron chi connectivity index (χ2n) is 6.19. The van der Waals surface area contributed by atoms with Gasteiger partial charge in [-0.25, -0.2) is 14.4 Å². The molecule has 0 saturated carbocycles. The summed E-state index contributed by atoms with van der Waals surface area (Å²) in [5.41, 5.74) is 0.251. The first-order valence-electron chi connectivity index (χ1n) is 8.53. The van der Waals surface area contributed by atoms with E-state index in [0.717, 1.165) is 11.1 Å². The lowest BCUT2D eigenvalue weighted by Gasteiger charge is -2.13. The van der Waals surface area contributed by atoms with Crippen LogP contribution in [-0.4, -0.2) is 32.8 Å². The van der Waals surface area contributed by atoms with Crippen molar-refractivity contribution in [1.29, 1.82) is 0 Å². The molecular formula is C20H16F3N3O3. The lowest BCUT2D eigenvalue weighted by atomic mass is 10.2. The lowest BCUT2D eigenvalue weighted by molar-refractivity contribution is -0.169. The SMILES string of the molecule is O=C(N=Cc1c(O)n(Cc2ccccc2)n(Cc2ccccc2)c1=O)C(F)(F)F. The van der Waals surface area contributed by atoms with Gasteiger partial charge < -0.3 is 5.11 Å². The number of carbonyl (C=O) groups excluding carboxylic acids is 1. The van der Waals surface area contributed by atoms with Gasteiger partial charge in [0.05, 0.1) is 13.1 Å². The Morgan fingerprint density at radius 1 is 0.931 bits per heavy atom. The van der Waals surface area contributed by atoms with Crippen LogP contribution >= 0.6 is 0 Å². The number of benzene rings is 2. The number of aromatic hydroxyl groups is 1. The fourth-order valence-electron chi connectivity index (χ4n) is 2.74. The first-order valence-corrected chi connectivity index (χ1v) is 8.53. The standard InChI is InChI=1S/C20H16F3N3O3/c21-20(22,23)19(29)24-11-16-17(27)25(12-14-7-3-1-4-8-14)26(18(16)28)13-15-9-5-2-6-10-15/h1-11,27H,12-13H2. The molecule has 2 aromatic carbocycles. The Hall–Kier alpha value is -3.62. The molecule has 150 valence electrons. The van der Waals surface area contributed by atoms with E-state index in [9.17, 15) is 27.9 Å². The maximum atomic E-state index is 12.8. The second kappa shape index (κ2) is 8.17. The smallest absolute Gasteiger partial charge is 0.473 e. The quantitative estimate of drug-likeness (QED) is 0.666. The second-order valence-corrected chi connectivity index (χ2v) is 6.19. The summed E-state index contributed by atoms with van der Waals surface area (Å²) in [7, 11) is 0. The molecule has 0 fully saturated rings. The molecule has 1 aromatic heterocycles. The van der Waals surface area contributed by atoms with E-state index in [1.807, 2.05) is 0 Å². The van der Waals surface area contributed by atoms with Crippen molar-refractivity contribution in [3.8, 4) is 5.88 Å². The van der Waals surface area contributed by atoms with Gasteiger partial charge in [0, 0.05) is 6.21 Å². The largest absolute Gasteiger partial charge is 0.493 e. The van der Waals surface area contributed by atoms with E-state index in [2.05, 4.69) is 4.99 Å². The molecule has 3 aromatic rings. The van der Waals surface area contributed by atoms with Crippen LogP contribution in [0.15, 0.2) is 70.5 Å². The summed E-state index contributed by atoms with van der Waals surface area (Å²) < 4.78 is 39.6. The molecule has 29 heavy (non-hydrogen) atoms. The van der Waals surface area contributed by atoms with E-state index in [-0.39, 0.29) is 13.1 Å². The molecule has 0 aliphatic carbocycles. The van der Waals surface area contributed by atoms with Crippen LogP contribution in [0, 0.1) is 0 Å². The molecule has 0 saturated heterocycles. The fraction of sp³-hybridized carbons (Fsp3) is 0.150. The summed E-state index contributed by atoms with van der Waals surface area (Å²) >= 11 is 0. The number of nitrogens with zero attached hydrogens (tertiary/aromatic N) is 3. The zero-order valence-corrected chi connectivity index (χ0v) is 15.0. The number of hydrogen-bond acceptors (Lipinski definition) is 3. The van der Waals surface area contributed by atoms with Gasteiger partial charge in [0.1, 0.15) is 5.56 Å². The Morgan fingerprint density at radius 3 is 1.90 bits per heavy atom. The molecule has 0 unspecified atom stereocenters. The number of halogens is 3. The van der Waals surface area contributed by atoms with Gasteiger partial charge in [0.25, 0.3) is 5.56 Å². The van der Waals surface area contributed by atoms with Crippen LogP contribution in [0.2, 0.25) is 0 Å². The molecule has 1 heterocycles. The predicted molar refractivity (Wildman–Crippen MR) is 100 cm³/mol. The Bertz CT molecular complexity index is 1090. The number of carbonyl (C=O) groups is 1. The molecule has 1 amide bonds. The highest BCUT2D eigenvalue weighted by Gasteiger charge is 2.38. The minimum Gasteiger partial charge on any atom is -0.493 e. The number of aromatic nitrogens is 2. The van der Waals surface area contributed by atoms with Crippen LogP contribution in [-0.2, 0) is 17.9 Å². The summed E-state index contributed by atoms with van der Waals surface area (Å²) in [6.07, 6.45) is -4.71. The Balaban J connectivity index is 2.06. The monoisotopic (exact) mass is 403 g/mol. The van der Waals surface area contributed by atoms with Gasteiger partial charge in [-0.1, -0.05) is 60.7 Å². The zero-order chi connectivity index (χ0) is 21.0. The molecule has 0 bridgehead atoms. The minimum absolute atomic E-state index is 0.0706. The molecule has 3 rings (SSSR count). The molecule has 0 radical (unpaired) electrons. The van der Waals surface area contributed by atoms with E-state index >= 15 is 0 Å². The van der Waals surface area contributed by atoms with Crippen LogP contribution in [0.3, 0.4) is 0 Å². The van der Waals surface area contributed by atoms with E-state index in [1.54, 1.807) is 60.7 Å². The molecule has 0 aliphatic heterocycles. The minimum atomic E-state index is -5.16. The van der Waals surface area contributed by atoms with Gasteiger partial charge in [-0.2, -0.15) is 13.2 Å². The first kappa shape index (κ1) is 20.1. The number of aliphatic imine (C=N–C) groups is 1. The third-order valence-electron chi connectivity index (χ3n) is 4.15. The first-order chi connectivity index (χ1) is 13.8. The maximum absolute atomic E-state index is 12.8. The van der Waals surface area contributed by atoms with Crippen molar-refractivity contribution in [3.05, 3.63) is 87.7 Å². The number of alkyl halides is 3. The van der Waals surface area contributed by atoms with E-state index in [1.165, 1.54) is 9.36 Å². The molecular weight excluding hydrogens is 387 g/mol. The van der Waals surface area contributed by atoms with Crippen LogP contribution in [0.1, 0.15) is 16.7 Å². The Labute approximate surface area is 163 Å². The third-order valence-corrected chi connectivity index (χ3v) is 4.15. The lowest BCUT2D eigenvalue weighted by Crippen LogP contribution is -2.25. The summed E-state index contributed by atoms with van der Waals surface area (Å²) in [4.78, 5) is 26.6.